The predicted molar refractivity (Wildman–Crippen MR) is 164 cm³/mol. The highest BCUT2D eigenvalue weighted by Gasteiger charge is 2.39. The fourth-order valence-electron chi connectivity index (χ4n) is 5.33. The zero-order chi connectivity index (χ0) is 30.7. The van der Waals surface area contributed by atoms with Crippen molar-refractivity contribution in [3.8, 4) is 0 Å². The number of hydrogen-bond acceptors (Lipinski definition) is 7. The van der Waals surface area contributed by atoms with Crippen LogP contribution >= 0.6 is 0 Å². The van der Waals surface area contributed by atoms with Crippen molar-refractivity contribution >= 4 is 40.9 Å². The average Bonchev–Trinajstić information content (AvgIpc) is 3.39. The van der Waals surface area contributed by atoms with Crippen LogP contribution in [0.2, 0.25) is 0 Å². The first-order valence-corrected chi connectivity index (χ1v) is 14.3. The number of carbonyl (C=O) groups excluding carboxylic acids is 4. The molecule has 224 valence electrons. The molecule has 3 aromatic carbocycles. The second-order valence-electron chi connectivity index (χ2n) is 11.6. The van der Waals surface area contributed by atoms with Gasteiger partial charge in [-0.1, -0.05) is 18.2 Å². The molecule has 5 rings (SSSR count). The minimum atomic E-state index is -0.794. The Labute approximate surface area is 251 Å². The minimum Gasteiger partial charge on any atom is -0.467 e. The molecule has 1 fully saturated rings. The first-order chi connectivity index (χ1) is 20.5. The number of hydrogen-bond donors (Lipinski definition) is 1. The number of amides is 3. The summed E-state index contributed by atoms with van der Waals surface area (Å²) >= 11 is 0. The molecule has 0 aromatic heterocycles. The van der Waals surface area contributed by atoms with Gasteiger partial charge < -0.3 is 24.6 Å². The molecule has 2 heterocycles. The maximum Gasteiger partial charge on any atom is 0.410 e. The predicted octanol–water partition coefficient (Wildman–Crippen LogP) is 4.74. The summed E-state index contributed by atoms with van der Waals surface area (Å²) in [5.74, 6) is -1.07. The molecule has 2 aliphatic heterocycles. The van der Waals surface area contributed by atoms with Gasteiger partial charge in [0.1, 0.15) is 11.6 Å². The quantitative estimate of drug-likeness (QED) is 0.432. The van der Waals surface area contributed by atoms with Crippen LogP contribution in [0.25, 0.3) is 0 Å². The van der Waals surface area contributed by atoms with Crippen molar-refractivity contribution in [1.82, 2.24) is 4.90 Å². The van der Waals surface area contributed by atoms with Crippen LogP contribution in [-0.2, 0) is 20.7 Å². The van der Waals surface area contributed by atoms with Crippen LogP contribution < -0.4 is 15.1 Å². The average molecular weight is 585 g/mol. The van der Waals surface area contributed by atoms with Crippen LogP contribution in [0.3, 0.4) is 0 Å². The molecule has 1 saturated heterocycles. The van der Waals surface area contributed by atoms with E-state index in [1.165, 1.54) is 12.0 Å². The van der Waals surface area contributed by atoms with Crippen LogP contribution in [0.15, 0.2) is 72.8 Å². The van der Waals surface area contributed by atoms with E-state index in [0.717, 1.165) is 11.3 Å². The summed E-state index contributed by atoms with van der Waals surface area (Å²) in [4.78, 5) is 56.7. The van der Waals surface area contributed by atoms with Gasteiger partial charge in [0.2, 0.25) is 0 Å². The number of anilines is 3. The normalized spacial score (nSPS) is 16.4. The van der Waals surface area contributed by atoms with Crippen LogP contribution in [-0.4, -0.2) is 73.7 Å². The van der Waals surface area contributed by atoms with E-state index >= 15 is 0 Å². The van der Waals surface area contributed by atoms with Gasteiger partial charge in [-0.2, -0.15) is 0 Å². The number of nitrogens with one attached hydrogen (secondary N) is 1. The summed E-state index contributed by atoms with van der Waals surface area (Å²) < 4.78 is 10.5. The zero-order valence-electron chi connectivity index (χ0n) is 24.8. The third-order valence-corrected chi connectivity index (χ3v) is 7.46. The van der Waals surface area contributed by atoms with Crippen molar-refractivity contribution in [3.63, 3.8) is 0 Å². The fraction of sp³-hybridized carbons (Fsp3) is 0.333. The highest BCUT2D eigenvalue weighted by molar-refractivity contribution is 6.11. The van der Waals surface area contributed by atoms with Crippen molar-refractivity contribution in [2.75, 3.05) is 48.4 Å². The van der Waals surface area contributed by atoms with Gasteiger partial charge in [-0.3, -0.25) is 14.5 Å². The smallest absolute Gasteiger partial charge is 0.410 e. The number of ether oxygens (including phenoxy) is 2. The van der Waals surface area contributed by atoms with Crippen molar-refractivity contribution in [2.24, 2.45) is 0 Å². The molecular formula is C33H36N4O6. The Hall–Kier alpha value is -4.86. The maximum atomic E-state index is 13.3. The van der Waals surface area contributed by atoms with Crippen molar-refractivity contribution < 1.29 is 28.7 Å². The lowest BCUT2D eigenvalue weighted by molar-refractivity contribution is -0.141. The molecule has 10 nitrogen and oxygen atoms in total. The Kier molecular flexibility index (Phi) is 8.38. The number of fused-ring (bicyclic) bond motifs is 1. The molecule has 1 atom stereocenters. The third-order valence-electron chi connectivity index (χ3n) is 7.46. The molecular weight excluding hydrogens is 548 g/mol. The second-order valence-corrected chi connectivity index (χ2v) is 11.6. The van der Waals surface area contributed by atoms with E-state index in [2.05, 4.69) is 10.2 Å². The van der Waals surface area contributed by atoms with Crippen LogP contribution in [0.4, 0.5) is 21.9 Å². The molecule has 0 spiro atoms. The summed E-state index contributed by atoms with van der Waals surface area (Å²) in [6.07, 6.45) is -0.0257. The number of benzene rings is 3. The van der Waals surface area contributed by atoms with Gasteiger partial charge in [0.25, 0.3) is 11.8 Å². The first-order valence-electron chi connectivity index (χ1n) is 14.3. The van der Waals surface area contributed by atoms with Gasteiger partial charge >= 0.3 is 12.1 Å². The molecule has 3 amide bonds. The highest BCUT2D eigenvalue weighted by Crippen LogP contribution is 2.36. The number of esters is 1. The SMILES string of the molecule is COC(=O)C1Cc2cc(NC(=O)c3ccc(N4CCN(C(=O)OC(C)(C)C)CC4)cc3)ccc2N1C(=O)c1ccccc1. The minimum absolute atomic E-state index is 0.277. The molecule has 0 radical (unpaired) electrons. The molecule has 1 N–H and O–H groups in total. The van der Waals surface area contributed by atoms with Crippen molar-refractivity contribution in [2.45, 2.75) is 38.8 Å². The van der Waals surface area contributed by atoms with Gasteiger partial charge in [-0.05, 0) is 80.9 Å². The summed E-state index contributed by atoms with van der Waals surface area (Å²) in [5.41, 5.74) is 3.33. The summed E-state index contributed by atoms with van der Waals surface area (Å²) in [6, 6.07) is 20.6. The standard InChI is InChI=1S/C33H36N4O6/c1-33(2,3)43-32(41)36-18-16-35(17-19-36)26-13-10-22(11-14-26)29(38)34-25-12-15-27-24(20-25)21-28(31(40)42-4)37(27)30(39)23-8-6-5-7-9-23/h5-15,20,28H,16-19,21H2,1-4H3,(H,34,38). The molecule has 2 aliphatic rings. The van der Waals surface area contributed by atoms with E-state index in [0.29, 0.717) is 48.7 Å². The summed E-state index contributed by atoms with van der Waals surface area (Å²) in [6.45, 7) is 8.00. The number of rotatable bonds is 5. The molecule has 0 bridgehead atoms. The van der Waals surface area contributed by atoms with E-state index in [1.807, 2.05) is 39.0 Å². The van der Waals surface area contributed by atoms with Gasteiger partial charge in [0.15, 0.2) is 0 Å². The maximum absolute atomic E-state index is 13.3. The number of nitrogens with zero attached hydrogens (tertiary/aromatic N) is 3. The monoisotopic (exact) mass is 584 g/mol. The summed E-state index contributed by atoms with van der Waals surface area (Å²) in [7, 11) is 1.30. The van der Waals surface area contributed by atoms with Gasteiger partial charge in [0, 0.05) is 60.8 Å². The Morgan fingerprint density at radius 2 is 1.51 bits per heavy atom. The number of carbonyl (C=O) groups is 4. The molecule has 3 aromatic rings. The molecule has 10 heteroatoms. The van der Waals surface area contributed by atoms with E-state index < -0.39 is 17.6 Å². The molecule has 0 saturated carbocycles. The Bertz CT molecular complexity index is 1510. The fourth-order valence-corrected chi connectivity index (χ4v) is 5.33. The Morgan fingerprint density at radius 1 is 0.837 bits per heavy atom. The Balaban J connectivity index is 1.23. The van der Waals surface area contributed by atoms with Crippen molar-refractivity contribution in [1.29, 1.82) is 0 Å². The van der Waals surface area contributed by atoms with E-state index in [1.54, 1.807) is 59.5 Å². The lowest BCUT2D eigenvalue weighted by atomic mass is 10.1. The Morgan fingerprint density at radius 3 is 2.14 bits per heavy atom. The lowest BCUT2D eigenvalue weighted by Gasteiger charge is -2.36. The molecule has 43 heavy (non-hydrogen) atoms. The highest BCUT2D eigenvalue weighted by atomic mass is 16.6. The topological polar surface area (TPSA) is 108 Å². The number of piperazine rings is 1. The van der Waals surface area contributed by atoms with Crippen LogP contribution in [0.1, 0.15) is 47.1 Å². The molecule has 1 unspecified atom stereocenters. The second kappa shape index (κ2) is 12.2. The van der Waals surface area contributed by atoms with E-state index in [-0.39, 0.29) is 24.3 Å². The molecule has 0 aliphatic carbocycles. The van der Waals surface area contributed by atoms with Crippen molar-refractivity contribution in [3.05, 3.63) is 89.5 Å². The van der Waals surface area contributed by atoms with Gasteiger partial charge in [0.05, 0.1) is 7.11 Å². The van der Waals surface area contributed by atoms with E-state index in [9.17, 15) is 19.2 Å². The van der Waals surface area contributed by atoms with Crippen LogP contribution in [0.5, 0.6) is 0 Å². The van der Waals surface area contributed by atoms with Crippen LogP contribution in [0, 0.1) is 0 Å². The summed E-state index contributed by atoms with van der Waals surface area (Å²) in [5, 5.41) is 2.93. The van der Waals surface area contributed by atoms with Gasteiger partial charge in [-0.15, -0.1) is 0 Å². The zero-order valence-corrected chi connectivity index (χ0v) is 24.8. The third kappa shape index (κ3) is 6.63. The first kappa shape index (κ1) is 29.6. The largest absolute Gasteiger partial charge is 0.467 e. The van der Waals surface area contributed by atoms with Gasteiger partial charge in [-0.25, -0.2) is 9.59 Å². The number of methoxy groups -OCH3 is 1. The lowest BCUT2D eigenvalue weighted by Crippen LogP contribution is -2.50. The van der Waals surface area contributed by atoms with E-state index in [4.69, 9.17) is 9.47 Å².